The summed E-state index contributed by atoms with van der Waals surface area (Å²) in [6.45, 7) is 6.83. The van der Waals surface area contributed by atoms with Crippen LogP contribution >= 0.6 is 0 Å². The predicted octanol–water partition coefficient (Wildman–Crippen LogP) is 1.36. The van der Waals surface area contributed by atoms with E-state index >= 15 is 0 Å². The van der Waals surface area contributed by atoms with Gasteiger partial charge in [0.2, 0.25) is 0 Å². The van der Waals surface area contributed by atoms with E-state index in [0.29, 0.717) is 12.8 Å². The van der Waals surface area contributed by atoms with Gasteiger partial charge in [-0.1, -0.05) is 20.4 Å². The van der Waals surface area contributed by atoms with Crippen LogP contribution in [0.1, 0.15) is 26.7 Å². The Morgan fingerprint density at radius 1 is 1.38 bits per heavy atom. The zero-order valence-corrected chi connectivity index (χ0v) is 7.87. The Morgan fingerprint density at radius 3 is 2.15 bits per heavy atom. The summed E-state index contributed by atoms with van der Waals surface area (Å²) in [5.41, 5.74) is -0.521. The van der Waals surface area contributed by atoms with Crippen molar-refractivity contribution in [3.8, 4) is 0 Å². The molecule has 4 heteroatoms. The molecule has 0 fully saturated rings. The summed E-state index contributed by atoms with van der Waals surface area (Å²) >= 11 is 0. The SMILES string of the molecule is C=C(C(=O)O)C(=O)OC(CC)CC. The number of carbonyl (C=O) groups is 2. The summed E-state index contributed by atoms with van der Waals surface area (Å²) in [6, 6.07) is 0. The van der Waals surface area contributed by atoms with Gasteiger partial charge in [0.15, 0.2) is 0 Å². The third-order valence-corrected chi connectivity index (χ3v) is 1.69. The van der Waals surface area contributed by atoms with Crippen molar-refractivity contribution in [2.24, 2.45) is 0 Å². The first-order valence-electron chi connectivity index (χ1n) is 4.16. The molecule has 0 saturated heterocycles. The lowest BCUT2D eigenvalue weighted by Crippen LogP contribution is -2.21. The smallest absolute Gasteiger partial charge is 0.345 e. The van der Waals surface area contributed by atoms with E-state index in [-0.39, 0.29) is 6.10 Å². The van der Waals surface area contributed by atoms with E-state index < -0.39 is 17.5 Å². The number of carbonyl (C=O) groups excluding carboxylic acids is 1. The molecule has 0 amide bonds. The first-order valence-corrected chi connectivity index (χ1v) is 4.16. The monoisotopic (exact) mass is 186 g/mol. The van der Waals surface area contributed by atoms with Crippen LogP contribution < -0.4 is 0 Å². The topological polar surface area (TPSA) is 63.6 Å². The van der Waals surface area contributed by atoms with E-state index in [4.69, 9.17) is 9.84 Å². The minimum Gasteiger partial charge on any atom is -0.477 e. The van der Waals surface area contributed by atoms with Gasteiger partial charge in [-0.25, -0.2) is 9.59 Å². The second kappa shape index (κ2) is 5.35. The Balaban J connectivity index is 4.14. The van der Waals surface area contributed by atoms with Gasteiger partial charge in [0.25, 0.3) is 0 Å². The second-order valence-electron chi connectivity index (χ2n) is 2.63. The zero-order chi connectivity index (χ0) is 10.4. The fraction of sp³-hybridized carbons (Fsp3) is 0.556. The minimum atomic E-state index is -1.34. The van der Waals surface area contributed by atoms with E-state index in [2.05, 4.69) is 6.58 Å². The van der Waals surface area contributed by atoms with Crippen LogP contribution in [0.25, 0.3) is 0 Å². The van der Waals surface area contributed by atoms with Crippen molar-refractivity contribution in [1.82, 2.24) is 0 Å². The average molecular weight is 186 g/mol. The van der Waals surface area contributed by atoms with Gasteiger partial charge in [-0.15, -0.1) is 0 Å². The number of esters is 1. The molecule has 0 aliphatic carbocycles. The number of rotatable bonds is 5. The van der Waals surface area contributed by atoms with E-state index in [1.807, 2.05) is 13.8 Å². The average Bonchev–Trinajstić information content (AvgIpc) is 2.12. The van der Waals surface area contributed by atoms with Gasteiger partial charge >= 0.3 is 11.9 Å². The van der Waals surface area contributed by atoms with Gasteiger partial charge in [0.1, 0.15) is 11.7 Å². The normalized spacial score (nSPS) is 9.77. The highest BCUT2D eigenvalue weighted by Crippen LogP contribution is 2.06. The van der Waals surface area contributed by atoms with E-state index in [1.165, 1.54) is 0 Å². The molecular weight excluding hydrogens is 172 g/mol. The van der Waals surface area contributed by atoms with Crippen molar-refractivity contribution >= 4 is 11.9 Å². The van der Waals surface area contributed by atoms with Crippen molar-refractivity contribution in [3.05, 3.63) is 12.2 Å². The molecule has 13 heavy (non-hydrogen) atoms. The first kappa shape index (κ1) is 11.7. The predicted molar refractivity (Wildman–Crippen MR) is 47.2 cm³/mol. The third-order valence-electron chi connectivity index (χ3n) is 1.69. The van der Waals surface area contributed by atoms with Crippen LogP contribution in [0.2, 0.25) is 0 Å². The molecule has 74 valence electrons. The van der Waals surface area contributed by atoms with E-state index in [1.54, 1.807) is 0 Å². The van der Waals surface area contributed by atoms with Crippen molar-refractivity contribution in [1.29, 1.82) is 0 Å². The maximum Gasteiger partial charge on any atom is 0.345 e. The van der Waals surface area contributed by atoms with E-state index in [9.17, 15) is 9.59 Å². The molecule has 0 unspecified atom stereocenters. The summed E-state index contributed by atoms with van der Waals surface area (Å²) < 4.78 is 4.85. The Labute approximate surface area is 77.2 Å². The van der Waals surface area contributed by atoms with Gasteiger partial charge in [0, 0.05) is 0 Å². The van der Waals surface area contributed by atoms with Gasteiger partial charge < -0.3 is 9.84 Å². The molecule has 4 nitrogen and oxygen atoms in total. The lowest BCUT2D eigenvalue weighted by molar-refractivity contribution is -0.148. The summed E-state index contributed by atoms with van der Waals surface area (Å²) in [7, 11) is 0. The standard InChI is InChI=1S/C9H14O4/c1-4-7(5-2)13-9(12)6(3)8(10)11/h7H,3-5H2,1-2H3,(H,10,11). The Morgan fingerprint density at radius 2 is 1.85 bits per heavy atom. The molecule has 0 bridgehead atoms. The van der Waals surface area contributed by atoms with E-state index in [0.717, 1.165) is 0 Å². The highest BCUT2D eigenvalue weighted by Gasteiger charge is 2.18. The molecule has 0 heterocycles. The molecule has 0 spiro atoms. The molecule has 1 N–H and O–H groups in total. The van der Waals surface area contributed by atoms with Crippen LogP contribution in [0.5, 0.6) is 0 Å². The summed E-state index contributed by atoms with van der Waals surface area (Å²) in [4.78, 5) is 21.3. The van der Waals surface area contributed by atoms with Crippen LogP contribution in [0.4, 0.5) is 0 Å². The molecule has 0 atom stereocenters. The largest absolute Gasteiger partial charge is 0.477 e. The van der Waals surface area contributed by atoms with Gasteiger partial charge in [-0.05, 0) is 12.8 Å². The zero-order valence-electron chi connectivity index (χ0n) is 7.87. The molecule has 0 saturated carbocycles. The molecule has 0 rings (SSSR count). The summed E-state index contributed by atoms with van der Waals surface area (Å²) in [5.74, 6) is -2.18. The van der Waals surface area contributed by atoms with Crippen molar-refractivity contribution in [3.63, 3.8) is 0 Å². The van der Waals surface area contributed by atoms with Gasteiger partial charge in [0.05, 0.1) is 0 Å². The van der Waals surface area contributed by atoms with Gasteiger partial charge in [-0.3, -0.25) is 0 Å². The highest BCUT2D eigenvalue weighted by atomic mass is 16.5. The third kappa shape index (κ3) is 3.73. The number of hydrogen-bond acceptors (Lipinski definition) is 3. The van der Waals surface area contributed by atoms with Crippen molar-refractivity contribution in [2.75, 3.05) is 0 Å². The number of hydrogen-bond donors (Lipinski definition) is 1. The van der Waals surface area contributed by atoms with Crippen LogP contribution in [-0.4, -0.2) is 23.1 Å². The molecular formula is C9H14O4. The maximum atomic E-state index is 11.0. The van der Waals surface area contributed by atoms with Crippen molar-refractivity contribution < 1.29 is 19.4 Å². The maximum absolute atomic E-state index is 11.0. The fourth-order valence-corrected chi connectivity index (χ4v) is 0.765. The lowest BCUT2D eigenvalue weighted by Gasteiger charge is -2.13. The number of aliphatic carboxylic acids is 1. The number of carboxylic acids is 1. The molecule has 0 aliphatic rings. The Kier molecular flexibility index (Phi) is 4.80. The second-order valence-corrected chi connectivity index (χ2v) is 2.63. The van der Waals surface area contributed by atoms with Crippen LogP contribution in [0, 0.1) is 0 Å². The quantitative estimate of drug-likeness (QED) is 0.305. The summed E-state index contributed by atoms with van der Waals surface area (Å²) in [6.07, 6.45) is 1.13. The molecule has 0 aliphatic heterocycles. The fourth-order valence-electron chi connectivity index (χ4n) is 0.765. The van der Waals surface area contributed by atoms with Crippen LogP contribution in [0.15, 0.2) is 12.2 Å². The highest BCUT2D eigenvalue weighted by molar-refractivity contribution is 6.12. The molecule has 0 aromatic rings. The Hall–Kier alpha value is -1.32. The number of ether oxygens (including phenoxy) is 1. The first-order chi connectivity index (χ1) is 6.02. The van der Waals surface area contributed by atoms with Gasteiger partial charge in [-0.2, -0.15) is 0 Å². The minimum absolute atomic E-state index is 0.219. The summed E-state index contributed by atoms with van der Waals surface area (Å²) in [5, 5.41) is 8.41. The van der Waals surface area contributed by atoms with Crippen LogP contribution in [0.3, 0.4) is 0 Å². The number of carboxylic acid groups (broad SMARTS) is 1. The molecule has 0 aromatic carbocycles. The van der Waals surface area contributed by atoms with Crippen LogP contribution in [-0.2, 0) is 14.3 Å². The Bertz CT molecular complexity index is 216. The molecule has 0 radical (unpaired) electrons. The lowest BCUT2D eigenvalue weighted by atomic mass is 10.2. The molecule has 0 aromatic heterocycles. The van der Waals surface area contributed by atoms with Crippen molar-refractivity contribution in [2.45, 2.75) is 32.8 Å².